The number of rotatable bonds is 12. The Bertz CT molecular complexity index is 907. The van der Waals surface area contributed by atoms with Gasteiger partial charge in [-0.3, -0.25) is 0 Å². The summed E-state index contributed by atoms with van der Waals surface area (Å²) in [5.74, 6) is -0.171. The van der Waals surface area contributed by atoms with E-state index in [1.54, 1.807) is 0 Å². The Labute approximate surface area is 208 Å². The van der Waals surface area contributed by atoms with Crippen LogP contribution in [0.2, 0.25) is 0 Å². The van der Waals surface area contributed by atoms with Crippen LogP contribution < -0.4 is 0 Å². The maximum absolute atomic E-state index is 13.2. The first-order valence-electron chi connectivity index (χ1n) is 13.5. The van der Waals surface area contributed by atoms with E-state index in [2.05, 4.69) is 56.2 Å². The van der Waals surface area contributed by atoms with E-state index in [0.717, 1.165) is 56.5 Å². The number of hydrogen-bond acceptors (Lipinski definition) is 4. The Balaban J connectivity index is 2.17. The molecule has 0 spiro atoms. The fraction of sp³-hybridized carbons (Fsp3) is 0.633. The summed E-state index contributed by atoms with van der Waals surface area (Å²) < 4.78 is 6.54. The second-order valence-electron chi connectivity index (χ2n) is 10.1. The molecule has 0 aliphatic carbocycles. The van der Waals surface area contributed by atoms with Crippen molar-refractivity contribution in [2.24, 2.45) is 0 Å². The van der Waals surface area contributed by atoms with Gasteiger partial charge in [0.2, 0.25) is 0 Å². The van der Waals surface area contributed by atoms with Gasteiger partial charge in [-0.25, -0.2) is 4.79 Å². The summed E-state index contributed by atoms with van der Waals surface area (Å²) in [6.45, 7) is 20.1. The van der Waals surface area contributed by atoms with Crippen LogP contribution in [0.25, 0.3) is 0 Å². The normalized spacial score (nSPS) is 25.6. The van der Waals surface area contributed by atoms with E-state index in [0.29, 0.717) is 6.04 Å². The van der Waals surface area contributed by atoms with Crippen LogP contribution in [0.4, 0.5) is 0 Å². The number of nitrogens with zero attached hydrogens (tertiary/aromatic N) is 2. The molecule has 34 heavy (non-hydrogen) atoms. The molecule has 4 heteroatoms. The van der Waals surface area contributed by atoms with Crippen LogP contribution in [0.5, 0.6) is 0 Å². The third kappa shape index (κ3) is 4.65. The molecule has 0 aromatic carbocycles. The van der Waals surface area contributed by atoms with Crippen molar-refractivity contribution in [2.75, 3.05) is 19.6 Å². The molecule has 2 atom stereocenters. The van der Waals surface area contributed by atoms with Gasteiger partial charge in [0.05, 0.1) is 0 Å². The van der Waals surface area contributed by atoms with Crippen LogP contribution in [0, 0.1) is 0 Å². The van der Waals surface area contributed by atoms with Gasteiger partial charge in [0.15, 0.2) is 5.60 Å². The van der Waals surface area contributed by atoms with Crippen molar-refractivity contribution >= 4 is 5.97 Å². The standard InChI is InChI=1S/C30H46N2O2/c1-8-12-16-25-21-28(24(7)32(25)19-14-10-3)30(26(15-11-4)22(5)29(33)34-30)27-17-20-31(23(27)6)18-13-9-2/h8,11,15,25H,1,9-10,12-14,16-21H2,2-7H3/b15-11-. The topological polar surface area (TPSA) is 32.8 Å². The van der Waals surface area contributed by atoms with Crippen LogP contribution in [0.1, 0.15) is 92.9 Å². The Hall–Kier alpha value is -2.23. The number of carbonyl (C=O) groups is 1. The lowest BCUT2D eigenvalue weighted by Crippen LogP contribution is -2.37. The second kappa shape index (κ2) is 11.5. The molecule has 3 aliphatic heterocycles. The van der Waals surface area contributed by atoms with Crippen molar-refractivity contribution in [3.8, 4) is 0 Å². The first-order chi connectivity index (χ1) is 16.4. The molecule has 0 N–H and O–H groups in total. The molecule has 0 amide bonds. The maximum Gasteiger partial charge on any atom is 0.335 e. The number of esters is 1. The SMILES string of the molecule is C=CCCC1CC(C2(C3=C(C)N(CCCC)CC3)OC(=O)C(C)=C2/C=C\C)=C(C)N1CCCC. The highest BCUT2D eigenvalue weighted by atomic mass is 16.6. The highest BCUT2D eigenvalue weighted by Gasteiger charge is 2.55. The molecular formula is C30H46N2O2. The van der Waals surface area contributed by atoms with Crippen molar-refractivity contribution in [3.63, 3.8) is 0 Å². The van der Waals surface area contributed by atoms with E-state index in [1.165, 1.54) is 48.2 Å². The van der Waals surface area contributed by atoms with Gasteiger partial charge in [-0.1, -0.05) is 44.9 Å². The fourth-order valence-electron chi connectivity index (χ4n) is 6.12. The third-order valence-electron chi connectivity index (χ3n) is 8.05. The van der Waals surface area contributed by atoms with E-state index in [-0.39, 0.29) is 5.97 Å². The highest BCUT2D eigenvalue weighted by molar-refractivity contribution is 5.95. The van der Waals surface area contributed by atoms with Crippen molar-refractivity contribution in [3.05, 3.63) is 58.5 Å². The quantitative estimate of drug-likeness (QED) is 0.227. The summed E-state index contributed by atoms with van der Waals surface area (Å²) >= 11 is 0. The summed E-state index contributed by atoms with van der Waals surface area (Å²) in [7, 11) is 0. The largest absolute Gasteiger partial charge is 0.441 e. The van der Waals surface area contributed by atoms with Gasteiger partial charge in [0, 0.05) is 59.4 Å². The first-order valence-corrected chi connectivity index (χ1v) is 13.5. The van der Waals surface area contributed by atoms with Gasteiger partial charge in [-0.05, 0) is 66.2 Å². The van der Waals surface area contributed by atoms with E-state index < -0.39 is 5.60 Å². The first kappa shape index (κ1) is 26.4. The Morgan fingerprint density at radius 2 is 1.79 bits per heavy atom. The average Bonchev–Trinajstić information content (AvgIpc) is 3.43. The van der Waals surface area contributed by atoms with Crippen molar-refractivity contribution in [1.29, 1.82) is 0 Å². The summed E-state index contributed by atoms with van der Waals surface area (Å²) in [5.41, 5.74) is 6.21. The van der Waals surface area contributed by atoms with E-state index in [4.69, 9.17) is 4.74 Å². The molecule has 0 radical (unpaired) electrons. The lowest BCUT2D eigenvalue weighted by Gasteiger charge is -2.35. The maximum atomic E-state index is 13.2. The number of carbonyl (C=O) groups excluding carboxylic acids is 1. The Kier molecular flexibility index (Phi) is 8.89. The number of allylic oxidation sites excluding steroid dienone is 4. The lowest BCUT2D eigenvalue weighted by molar-refractivity contribution is -0.142. The molecule has 0 fully saturated rings. The van der Waals surface area contributed by atoms with Crippen molar-refractivity contribution < 1.29 is 9.53 Å². The zero-order valence-electron chi connectivity index (χ0n) is 22.5. The predicted molar refractivity (Wildman–Crippen MR) is 142 cm³/mol. The molecule has 0 saturated carbocycles. The van der Waals surface area contributed by atoms with Gasteiger partial charge in [0.1, 0.15) is 0 Å². The fourth-order valence-corrected chi connectivity index (χ4v) is 6.12. The monoisotopic (exact) mass is 466 g/mol. The minimum atomic E-state index is -0.768. The minimum absolute atomic E-state index is 0.171. The smallest absolute Gasteiger partial charge is 0.335 e. The molecule has 0 saturated heterocycles. The number of hydrogen-bond donors (Lipinski definition) is 0. The van der Waals surface area contributed by atoms with Gasteiger partial charge in [-0.15, -0.1) is 6.58 Å². The van der Waals surface area contributed by atoms with Gasteiger partial charge >= 0.3 is 5.97 Å². The Morgan fingerprint density at radius 3 is 2.44 bits per heavy atom. The average molecular weight is 467 g/mol. The summed E-state index contributed by atoms with van der Waals surface area (Å²) in [6.07, 6.45) is 14.9. The zero-order valence-corrected chi connectivity index (χ0v) is 22.5. The van der Waals surface area contributed by atoms with Crippen LogP contribution in [0.3, 0.4) is 0 Å². The predicted octanol–water partition coefficient (Wildman–Crippen LogP) is 7.07. The van der Waals surface area contributed by atoms with E-state index in [1.807, 2.05) is 19.9 Å². The molecule has 3 rings (SSSR count). The molecule has 3 aliphatic rings. The lowest BCUT2D eigenvalue weighted by atomic mass is 9.75. The zero-order chi connectivity index (χ0) is 24.9. The van der Waals surface area contributed by atoms with Crippen LogP contribution >= 0.6 is 0 Å². The minimum Gasteiger partial charge on any atom is -0.441 e. The number of ether oxygens (including phenoxy) is 1. The van der Waals surface area contributed by atoms with Gasteiger partial charge < -0.3 is 14.5 Å². The van der Waals surface area contributed by atoms with Crippen LogP contribution in [-0.2, 0) is 9.53 Å². The van der Waals surface area contributed by atoms with Gasteiger partial charge in [-0.2, -0.15) is 0 Å². The number of unbranched alkanes of at least 4 members (excludes halogenated alkanes) is 2. The summed E-state index contributed by atoms with van der Waals surface area (Å²) in [6, 6.07) is 0.432. The van der Waals surface area contributed by atoms with Crippen molar-refractivity contribution in [1.82, 2.24) is 9.80 Å². The summed E-state index contributed by atoms with van der Waals surface area (Å²) in [4.78, 5) is 18.3. The Morgan fingerprint density at radius 1 is 1.09 bits per heavy atom. The molecule has 0 bridgehead atoms. The van der Waals surface area contributed by atoms with Crippen molar-refractivity contribution in [2.45, 2.75) is 105 Å². The molecule has 4 nitrogen and oxygen atoms in total. The molecule has 2 unspecified atom stereocenters. The summed E-state index contributed by atoms with van der Waals surface area (Å²) in [5, 5.41) is 0. The third-order valence-corrected chi connectivity index (χ3v) is 8.05. The van der Waals surface area contributed by atoms with E-state index >= 15 is 0 Å². The molecule has 0 aromatic rings. The number of cyclic esters (lactones) is 1. The second-order valence-corrected chi connectivity index (χ2v) is 10.1. The van der Waals surface area contributed by atoms with Crippen LogP contribution in [-0.4, -0.2) is 47.0 Å². The van der Waals surface area contributed by atoms with Gasteiger partial charge in [0.25, 0.3) is 0 Å². The molecule has 0 aromatic heterocycles. The highest BCUT2D eigenvalue weighted by Crippen LogP contribution is 2.53. The van der Waals surface area contributed by atoms with E-state index in [9.17, 15) is 4.79 Å². The molecule has 3 heterocycles. The molecular weight excluding hydrogens is 420 g/mol. The molecule has 188 valence electrons. The van der Waals surface area contributed by atoms with Crippen LogP contribution in [0.15, 0.2) is 58.5 Å².